The van der Waals surface area contributed by atoms with Gasteiger partial charge in [0.05, 0.1) is 13.2 Å². The van der Waals surface area contributed by atoms with Gasteiger partial charge in [0, 0.05) is 10.9 Å². The normalized spacial score (nSPS) is 15.8. The molecule has 3 nitrogen and oxygen atoms in total. The van der Waals surface area contributed by atoms with Crippen molar-refractivity contribution < 1.29 is 9.13 Å². The van der Waals surface area contributed by atoms with E-state index in [1.165, 1.54) is 25.3 Å². The quantitative estimate of drug-likeness (QED) is 0.649. The maximum atomic E-state index is 14.6. The number of hydrogen-bond donors (Lipinski definition) is 0. The zero-order chi connectivity index (χ0) is 16.5. The second-order valence-corrected chi connectivity index (χ2v) is 6.45. The third-order valence-electron chi connectivity index (χ3n) is 4.96. The fraction of sp³-hybridized carbons (Fsp3) is 0.350. The summed E-state index contributed by atoms with van der Waals surface area (Å²) in [6.07, 6.45) is 5.81. The minimum absolute atomic E-state index is 0.190. The first-order valence-electron chi connectivity index (χ1n) is 8.59. The second kappa shape index (κ2) is 6.27. The van der Waals surface area contributed by atoms with Crippen LogP contribution in [0.2, 0.25) is 0 Å². The monoisotopic (exact) mass is 324 g/mol. The number of methoxy groups -OCH3 is 1. The molecule has 0 unspecified atom stereocenters. The molecule has 0 N–H and O–H groups in total. The molecule has 4 rings (SSSR count). The Labute approximate surface area is 141 Å². The highest BCUT2D eigenvalue weighted by Crippen LogP contribution is 2.36. The summed E-state index contributed by atoms with van der Waals surface area (Å²) in [4.78, 5) is 0. The minimum Gasteiger partial charge on any atom is -0.497 e. The summed E-state index contributed by atoms with van der Waals surface area (Å²) in [5, 5.41) is 5.72. The molecule has 3 aromatic rings. The lowest BCUT2D eigenvalue weighted by atomic mass is 9.95. The Morgan fingerprint density at radius 1 is 1.04 bits per heavy atom. The van der Waals surface area contributed by atoms with Gasteiger partial charge in [0.2, 0.25) is 0 Å². The van der Waals surface area contributed by atoms with Crippen molar-refractivity contribution in [1.82, 2.24) is 9.78 Å². The molecule has 1 fully saturated rings. The number of hydrogen-bond acceptors (Lipinski definition) is 2. The van der Waals surface area contributed by atoms with E-state index in [1.807, 2.05) is 35.0 Å². The van der Waals surface area contributed by atoms with Crippen LogP contribution in [0.1, 0.15) is 38.1 Å². The van der Waals surface area contributed by atoms with Gasteiger partial charge in [-0.15, -0.1) is 0 Å². The van der Waals surface area contributed by atoms with Gasteiger partial charge in [-0.05, 0) is 43.2 Å². The van der Waals surface area contributed by atoms with Crippen LogP contribution in [-0.2, 0) is 0 Å². The predicted octanol–water partition coefficient (Wildman–Crippen LogP) is 5.36. The Morgan fingerprint density at radius 2 is 1.79 bits per heavy atom. The Kier molecular flexibility index (Phi) is 3.97. The first-order chi connectivity index (χ1) is 11.8. The van der Waals surface area contributed by atoms with Crippen molar-refractivity contribution in [3.05, 3.63) is 48.3 Å². The van der Waals surface area contributed by atoms with Gasteiger partial charge in [0.25, 0.3) is 0 Å². The molecule has 1 aliphatic carbocycles. The molecule has 1 aliphatic rings. The molecule has 0 bridgehead atoms. The van der Waals surface area contributed by atoms with Gasteiger partial charge in [-0.3, -0.25) is 4.68 Å². The lowest BCUT2D eigenvalue weighted by Crippen LogP contribution is -2.14. The molecule has 0 amide bonds. The van der Waals surface area contributed by atoms with Crippen molar-refractivity contribution in [1.29, 1.82) is 0 Å². The van der Waals surface area contributed by atoms with E-state index >= 15 is 0 Å². The fourth-order valence-corrected chi connectivity index (χ4v) is 3.70. The Balaban J connectivity index is 1.87. The van der Waals surface area contributed by atoms with Crippen molar-refractivity contribution in [2.75, 3.05) is 7.11 Å². The third kappa shape index (κ3) is 2.56. The van der Waals surface area contributed by atoms with E-state index in [0.29, 0.717) is 11.6 Å². The van der Waals surface area contributed by atoms with Gasteiger partial charge >= 0.3 is 0 Å². The fourth-order valence-electron chi connectivity index (χ4n) is 3.70. The predicted molar refractivity (Wildman–Crippen MR) is 93.8 cm³/mol. The molecule has 1 saturated carbocycles. The molecule has 4 heteroatoms. The Morgan fingerprint density at radius 3 is 2.50 bits per heavy atom. The number of para-hydroxylation sites is 1. The van der Waals surface area contributed by atoms with E-state index in [9.17, 15) is 4.39 Å². The number of benzene rings is 2. The number of aromatic nitrogens is 2. The molecule has 1 aromatic heterocycles. The molecule has 0 saturated heterocycles. The van der Waals surface area contributed by atoms with Gasteiger partial charge in [-0.1, -0.05) is 31.4 Å². The summed E-state index contributed by atoms with van der Waals surface area (Å²) in [6.45, 7) is 0. The Hall–Kier alpha value is -2.36. The van der Waals surface area contributed by atoms with Crippen LogP contribution in [0.15, 0.2) is 42.5 Å². The molecular formula is C20H21FN2O. The van der Waals surface area contributed by atoms with Crippen LogP contribution in [0, 0.1) is 5.82 Å². The zero-order valence-corrected chi connectivity index (χ0v) is 13.8. The van der Waals surface area contributed by atoms with Gasteiger partial charge in [-0.2, -0.15) is 5.10 Å². The molecule has 0 radical (unpaired) electrons. The minimum atomic E-state index is -0.190. The number of rotatable bonds is 3. The molecule has 0 aliphatic heterocycles. The van der Waals surface area contributed by atoms with Crippen molar-refractivity contribution in [2.24, 2.45) is 0 Å². The van der Waals surface area contributed by atoms with Crippen LogP contribution in [0.4, 0.5) is 4.39 Å². The molecule has 0 spiro atoms. The number of ether oxygens (including phenoxy) is 1. The smallest absolute Gasteiger partial charge is 0.149 e. The largest absolute Gasteiger partial charge is 0.497 e. The van der Waals surface area contributed by atoms with Crippen LogP contribution in [-0.4, -0.2) is 16.9 Å². The Bertz CT molecular complexity index is 848. The second-order valence-electron chi connectivity index (χ2n) is 6.45. The SMILES string of the molecule is COc1ccc(-c2nn(C3CCCCC3)c3c(F)cccc23)cc1. The van der Waals surface area contributed by atoms with Crippen molar-refractivity contribution >= 4 is 10.9 Å². The van der Waals surface area contributed by atoms with Crippen molar-refractivity contribution in [2.45, 2.75) is 38.1 Å². The van der Waals surface area contributed by atoms with Gasteiger partial charge < -0.3 is 4.74 Å². The van der Waals surface area contributed by atoms with Crippen LogP contribution in [0.25, 0.3) is 22.2 Å². The van der Waals surface area contributed by atoms with Gasteiger partial charge in [0.15, 0.2) is 0 Å². The highest BCUT2D eigenvalue weighted by atomic mass is 19.1. The first kappa shape index (κ1) is 15.2. The maximum Gasteiger partial charge on any atom is 0.149 e. The van der Waals surface area contributed by atoms with Crippen LogP contribution in [0.5, 0.6) is 5.75 Å². The highest BCUT2D eigenvalue weighted by molar-refractivity contribution is 5.93. The summed E-state index contributed by atoms with van der Waals surface area (Å²) in [5.74, 6) is 0.617. The van der Waals surface area contributed by atoms with Crippen molar-refractivity contribution in [3.63, 3.8) is 0 Å². The molecule has 2 aromatic carbocycles. The maximum absolute atomic E-state index is 14.6. The van der Waals surface area contributed by atoms with E-state index in [2.05, 4.69) is 0 Å². The molecule has 0 atom stereocenters. The molecular weight excluding hydrogens is 303 g/mol. The number of nitrogens with zero attached hydrogens (tertiary/aromatic N) is 2. The number of halogens is 1. The summed E-state index contributed by atoms with van der Waals surface area (Å²) < 4.78 is 21.7. The van der Waals surface area contributed by atoms with E-state index < -0.39 is 0 Å². The van der Waals surface area contributed by atoms with E-state index in [4.69, 9.17) is 9.84 Å². The average Bonchev–Trinajstić information content (AvgIpc) is 3.04. The van der Waals surface area contributed by atoms with Gasteiger partial charge in [0.1, 0.15) is 22.8 Å². The summed E-state index contributed by atoms with van der Waals surface area (Å²) >= 11 is 0. The molecule has 1 heterocycles. The van der Waals surface area contributed by atoms with Crippen LogP contribution >= 0.6 is 0 Å². The summed E-state index contributed by atoms with van der Waals surface area (Å²) in [7, 11) is 1.65. The van der Waals surface area contributed by atoms with Crippen LogP contribution in [0.3, 0.4) is 0 Å². The summed E-state index contributed by atoms with van der Waals surface area (Å²) in [5.41, 5.74) is 2.47. The van der Waals surface area contributed by atoms with Crippen molar-refractivity contribution in [3.8, 4) is 17.0 Å². The van der Waals surface area contributed by atoms with Crippen LogP contribution < -0.4 is 4.74 Å². The number of fused-ring (bicyclic) bond motifs is 1. The first-order valence-corrected chi connectivity index (χ1v) is 8.59. The lowest BCUT2D eigenvalue weighted by molar-refractivity contribution is 0.335. The average molecular weight is 324 g/mol. The molecule has 24 heavy (non-hydrogen) atoms. The molecule has 124 valence electrons. The van der Waals surface area contributed by atoms with E-state index in [-0.39, 0.29) is 5.82 Å². The van der Waals surface area contributed by atoms with E-state index in [0.717, 1.165) is 35.2 Å². The van der Waals surface area contributed by atoms with Gasteiger partial charge in [-0.25, -0.2) is 4.39 Å². The topological polar surface area (TPSA) is 27.1 Å². The standard InChI is InChI=1S/C20H21FN2O/c1-24-16-12-10-14(11-13-16)19-17-8-5-9-18(21)20(17)23(22-19)15-6-3-2-4-7-15/h5,8-13,15H,2-4,6-7H2,1H3. The summed E-state index contributed by atoms with van der Waals surface area (Å²) in [6, 6.07) is 13.3. The van der Waals surface area contributed by atoms with E-state index in [1.54, 1.807) is 13.2 Å². The highest BCUT2D eigenvalue weighted by Gasteiger charge is 2.22. The zero-order valence-electron chi connectivity index (χ0n) is 13.8. The lowest BCUT2D eigenvalue weighted by Gasteiger charge is -2.22. The third-order valence-corrected chi connectivity index (χ3v) is 4.96.